The predicted molar refractivity (Wildman–Crippen MR) is 83.2 cm³/mol. The van der Waals surface area contributed by atoms with Gasteiger partial charge < -0.3 is 5.32 Å². The Labute approximate surface area is 128 Å². The summed E-state index contributed by atoms with van der Waals surface area (Å²) in [5.41, 5.74) is -0.138. The lowest BCUT2D eigenvalue weighted by Crippen LogP contribution is -2.62. The summed E-state index contributed by atoms with van der Waals surface area (Å²) in [6.45, 7) is 10.6. The van der Waals surface area contributed by atoms with Gasteiger partial charge in [0.2, 0.25) is 11.8 Å². The van der Waals surface area contributed by atoms with E-state index in [1.165, 1.54) is 4.90 Å². The van der Waals surface area contributed by atoms with E-state index in [0.717, 1.165) is 19.3 Å². The molecule has 4 heteroatoms. The van der Waals surface area contributed by atoms with E-state index in [1.54, 1.807) is 6.42 Å². The van der Waals surface area contributed by atoms with E-state index in [4.69, 9.17) is 0 Å². The molecular formula is C17H28N2O2. The van der Waals surface area contributed by atoms with E-state index in [-0.39, 0.29) is 34.9 Å². The summed E-state index contributed by atoms with van der Waals surface area (Å²) in [7, 11) is 0. The largest absolute Gasteiger partial charge is 0.307 e. The maximum atomic E-state index is 12.6. The molecule has 2 aliphatic rings. The molecule has 0 bridgehead atoms. The van der Waals surface area contributed by atoms with Crippen molar-refractivity contribution in [3.63, 3.8) is 0 Å². The predicted octanol–water partition coefficient (Wildman–Crippen LogP) is 2.49. The Morgan fingerprint density at radius 1 is 1.24 bits per heavy atom. The molecule has 2 fully saturated rings. The maximum absolute atomic E-state index is 12.6. The number of likely N-dealkylation sites (tertiary alicyclic amines) is 1. The van der Waals surface area contributed by atoms with Crippen LogP contribution in [0.2, 0.25) is 0 Å². The van der Waals surface area contributed by atoms with Gasteiger partial charge in [-0.05, 0) is 53.4 Å². The van der Waals surface area contributed by atoms with Gasteiger partial charge in [-0.1, -0.05) is 13.3 Å². The SMILES string of the molecule is CC[CH]CC1[CH]C(=O)N(C2CC(C)(C)NC(C)(C)C2)C1=O. The Morgan fingerprint density at radius 2 is 1.81 bits per heavy atom. The van der Waals surface area contributed by atoms with Crippen molar-refractivity contribution in [2.45, 2.75) is 77.4 Å². The van der Waals surface area contributed by atoms with Gasteiger partial charge in [-0.3, -0.25) is 14.5 Å². The number of unbranched alkanes of at least 4 members (excludes halogenated alkanes) is 1. The first-order valence-electron chi connectivity index (χ1n) is 7.98. The topological polar surface area (TPSA) is 49.4 Å². The first-order chi connectivity index (χ1) is 9.65. The second kappa shape index (κ2) is 5.71. The molecular weight excluding hydrogens is 264 g/mol. The van der Waals surface area contributed by atoms with Crippen LogP contribution in [0.4, 0.5) is 0 Å². The van der Waals surface area contributed by atoms with Gasteiger partial charge >= 0.3 is 0 Å². The fourth-order valence-corrected chi connectivity index (χ4v) is 3.94. The van der Waals surface area contributed by atoms with Crippen molar-refractivity contribution in [2.75, 3.05) is 0 Å². The zero-order valence-corrected chi connectivity index (χ0v) is 13.9. The van der Waals surface area contributed by atoms with Crippen LogP contribution in [0.1, 0.15) is 60.3 Å². The highest BCUT2D eigenvalue weighted by Gasteiger charge is 2.47. The Kier molecular flexibility index (Phi) is 4.48. The van der Waals surface area contributed by atoms with Crippen LogP contribution in [0.5, 0.6) is 0 Å². The molecule has 0 aromatic carbocycles. The standard InChI is InChI=1S/C17H28N2O2/c1-6-7-8-12-9-14(20)19(15(12)21)13-10-16(2,3)18-17(4,5)11-13/h7,9,12-13,18H,6,8,10-11H2,1-5H3. The Hall–Kier alpha value is -0.900. The van der Waals surface area contributed by atoms with Crippen LogP contribution < -0.4 is 5.32 Å². The van der Waals surface area contributed by atoms with Crippen LogP contribution in [0.15, 0.2) is 0 Å². The minimum Gasteiger partial charge on any atom is -0.307 e. The van der Waals surface area contributed by atoms with Gasteiger partial charge in [0, 0.05) is 17.1 Å². The molecule has 4 nitrogen and oxygen atoms in total. The second-order valence-corrected chi connectivity index (χ2v) is 7.71. The third kappa shape index (κ3) is 3.65. The molecule has 0 aliphatic carbocycles. The van der Waals surface area contributed by atoms with E-state index in [9.17, 15) is 9.59 Å². The van der Waals surface area contributed by atoms with Gasteiger partial charge in [-0.25, -0.2) is 0 Å². The highest BCUT2D eigenvalue weighted by atomic mass is 16.2. The number of piperidine rings is 1. The van der Waals surface area contributed by atoms with E-state index < -0.39 is 0 Å². The fraction of sp³-hybridized carbons (Fsp3) is 0.765. The Morgan fingerprint density at radius 3 is 2.33 bits per heavy atom. The van der Waals surface area contributed by atoms with E-state index in [0.29, 0.717) is 6.42 Å². The van der Waals surface area contributed by atoms with Crippen LogP contribution in [-0.2, 0) is 9.59 Å². The average molecular weight is 292 g/mol. The molecule has 2 radical (unpaired) electrons. The molecule has 1 N–H and O–H groups in total. The monoisotopic (exact) mass is 292 g/mol. The zero-order valence-electron chi connectivity index (χ0n) is 13.9. The first-order valence-corrected chi connectivity index (χ1v) is 7.98. The lowest BCUT2D eigenvalue weighted by atomic mass is 9.79. The molecule has 21 heavy (non-hydrogen) atoms. The van der Waals surface area contributed by atoms with Crippen LogP contribution >= 0.6 is 0 Å². The third-order valence-corrected chi connectivity index (χ3v) is 4.38. The molecule has 0 aromatic heterocycles. The summed E-state index contributed by atoms with van der Waals surface area (Å²) < 4.78 is 0. The normalized spacial score (nSPS) is 29.2. The lowest BCUT2D eigenvalue weighted by molar-refractivity contribution is -0.143. The number of nitrogens with one attached hydrogen (secondary N) is 1. The summed E-state index contributed by atoms with van der Waals surface area (Å²) in [6, 6.07) is -0.000809. The molecule has 0 saturated carbocycles. The number of hydrogen-bond acceptors (Lipinski definition) is 3. The van der Waals surface area contributed by atoms with Crippen molar-refractivity contribution in [3.05, 3.63) is 12.8 Å². The van der Waals surface area contributed by atoms with Crippen molar-refractivity contribution in [2.24, 2.45) is 5.92 Å². The van der Waals surface area contributed by atoms with Crippen molar-refractivity contribution < 1.29 is 9.59 Å². The van der Waals surface area contributed by atoms with Crippen LogP contribution in [-0.4, -0.2) is 33.8 Å². The van der Waals surface area contributed by atoms with E-state index in [2.05, 4.69) is 46.4 Å². The molecule has 2 rings (SSSR count). The summed E-state index contributed by atoms with van der Waals surface area (Å²) in [6.07, 6.45) is 6.91. The zero-order chi connectivity index (χ0) is 15.8. The first kappa shape index (κ1) is 16.5. The lowest BCUT2D eigenvalue weighted by Gasteiger charge is -2.48. The number of nitrogens with zero attached hydrogens (tertiary/aromatic N) is 1. The van der Waals surface area contributed by atoms with Crippen LogP contribution in [0.25, 0.3) is 0 Å². The molecule has 0 spiro atoms. The highest BCUT2D eigenvalue weighted by Crippen LogP contribution is 2.35. The molecule has 1 unspecified atom stereocenters. The van der Waals surface area contributed by atoms with Crippen molar-refractivity contribution in [3.8, 4) is 0 Å². The maximum Gasteiger partial charge on any atom is 0.234 e. The van der Waals surface area contributed by atoms with E-state index >= 15 is 0 Å². The molecule has 2 saturated heterocycles. The Balaban J connectivity index is 2.13. The minimum atomic E-state index is -0.251. The molecule has 1 atom stereocenters. The molecule has 2 amide bonds. The second-order valence-electron chi connectivity index (χ2n) is 7.71. The molecule has 2 heterocycles. The number of amides is 2. The summed E-state index contributed by atoms with van der Waals surface area (Å²) >= 11 is 0. The van der Waals surface area contributed by atoms with E-state index in [1.807, 2.05) is 0 Å². The van der Waals surface area contributed by atoms with Gasteiger partial charge in [0.05, 0.1) is 12.3 Å². The van der Waals surface area contributed by atoms with Gasteiger partial charge in [-0.2, -0.15) is 0 Å². The van der Waals surface area contributed by atoms with Gasteiger partial charge in [0.1, 0.15) is 0 Å². The summed E-state index contributed by atoms with van der Waals surface area (Å²) in [5, 5.41) is 3.59. The van der Waals surface area contributed by atoms with Gasteiger partial charge in [-0.15, -0.1) is 0 Å². The smallest absolute Gasteiger partial charge is 0.234 e. The van der Waals surface area contributed by atoms with Crippen molar-refractivity contribution in [1.82, 2.24) is 10.2 Å². The summed E-state index contributed by atoms with van der Waals surface area (Å²) in [5.74, 6) is -0.366. The average Bonchev–Trinajstić information content (AvgIpc) is 2.57. The van der Waals surface area contributed by atoms with Gasteiger partial charge in [0.15, 0.2) is 0 Å². The van der Waals surface area contributed by atoms with Gasteiger partial charge in [0.25, 0.3) is 0 Å². The van der Waals surface area contributed by atoms with Crippen molar-refractivity contribution >= 4 is 11.8 Å². The molecule has 118 valence electrons. The Bertz CT molecular complexity index is 413. The van der Waals surface area contributed by atoms with Crippen molar-refractivity contribution in [1.29, 1.82) is 0 Å². The number of carbonyl (C=O) groups is 2. The van der Waals surface area contributed by atoms with Crippen LogP contribution in [0.3, 0.4) is 0 Å². The molecule has 2 aliphatic heterocycles. The third-order valence-electron chi connectivity index (χ3n) is 4.38. The highest BCUT2D eigenvalue weighted by molar-refractivity contribution is 6.09. The number of imide groups is 1. The quantitative estimate of drug-likeness (QED) is 0.810. The molecule has 0 aromatic rings. The number of carbonyl (C=O) groups excluding carboxylic acids is 2. The van der Waals surface area contributed by atoms with Crippen LogP contribution in [0, 0.1) is 18.8 Å². The minimum absolute atomic E-state index is 0.000809. The number of hydrogen-bond donors (Lipinski definition) is 1. The summed E-state index contributed by atoms with van der Waals surface area (Å²) in [4.78, 5) is 26.4. The fourth-order valence-electron chi connectivity index (χ4n) is 3.94. The number of rotatable bonds is 4.